The predicted octanol–water partition coefficient (Wildman–Crippen LogP) is 8.18. The van der Waals surface area contributed by atoms with Gasteiger partial charge in [-0.1, -0.05) is 39.0 Å². The Morgan fingerprint density at radius 3 is 2.53 bits per heavy atom. The molecule has 262 valence electrons. The summed E-state index contributed by atoms with van der Waals surface area (Å²) in [6.45, 7) is 6.77. The maximum atomic E-state index is 12.9. The van der Waals surface area contributed by atoms with Gasteiger partial charge in [0.15, 0.2) is 0 Å². The maximum absolute atomic E-state index is 12.9. The fourth-order valence-corrected chi connectivity index (χ4v) is 6.96. The molecule has 0 saturated heterocycles. The van der Waals surface area contributed by atoms with Gasteiger partial charge in [0.05, 0.1) is 31.8 Å². The van der Waals surface area contributed by atoms with Crippen molar-refractivity contribution < 1.29 is 28.5 Å². The van der Waals surface area contributed by atoms with Crippen molar-refractivity contribution in [2.45, 2.75) is 83.7 Å². The van der Waals surface area contributed by atoms with Gasteiger partial charge in [-0.2, -0.15) is 0 Å². The second kappa shape index (κ2) is 16.2. The number of hydrogen-bond donors (Lipinski definition) is 2. The van der Waals surface area contributed by atoms with Crippen molar-refractivity contribution in [3.8, 4) is 5.75 Å². The van der Waals surface area contributed by atoms with Gasteiger partial charge in [0.2, 0.25) is 0 Å². The topological polar surface area (TPSA) is 107 Å². The third kappa shape index (κ3) is 8.74. The van der Waals surface area contributed by atoms with Crippen molar-refractivity contribution in [1.29, 1.82) is 0 Å². The first-order valence-electron chi connectivity index (χ1n) is 17.5. The number of carbonyl (C=O) groups is 2. The summed E-state index contributed by atoms with van der Waals surface area (Å²) in [6.07, 6.45) is 14.1. The van der Waals surface area contributed by atoms with Gasteiger partial charge in [-0.25, -0.2) is 4.79 Å². The Balaban J connectivity index is 1.25. The van der Waals surface area contributed by atoms with Crippen LogP contribution in [0.2, 0.25) is 0 Å². The lowest BCUT2D eigenvalue weighted by Gasteiger charge is -2.31. The molecule has 3 aliphatic rings. The lowest BCUT2D eigenvalue weighted by atomic mass is 9.81. The number of allylic oxidation sites excluding steroid dienone is 5. The highest BCUT2D eigenvalue weighted by Crippen LogP contribution is 2.45. The highest BCUT2D eigenvalue weighted by atomic mass is 16.5. The van der Waals surface area contributed by atoms with E-state index in [0.29, 0.717) is 11.3 Å². The summed E-state index contributed by atoms with van der Waals surface area (Å²) in [4.78, 5) is 30.2. The van der Waals surface area contributed by atoms with Gasteiger partial charge in [-0.05, 0) is 103 Å². The van der Waals surface area contributed by atoms with Gasteiger partial charge in [0.25, 0.3) is 5.91 Å². The monoisotopic (exact) mass is 669 g/mol. The van der Waals surface area contributed by atoms with E-state index in [1.54, 1.807) is 21.3 Å². The van der Waals surface area contributed by atoms with E-state index in [1.807, 2.05) is 60.8 Å². The first kappa shape index (κ1) is 35.8. The summed E-state index contributed by atoms with van der Waals surface area (Å²) >= 11 is 0. The molecule has 3 atom stereocenters. The van der Waals surface area contributed by atoms with E-state index >= 15 is 0 Å². The molecule has 2 aliphatic carbocycles. The van der Waals surface area contributed by atoms with Crippen molar-refractivity contribution in [1.82, 2.24) is 10.6 Å². The van der Waals surface area contributed by atoms with Crippen molar-refractivity contribution in [2.75, 3.05) is 27.9 Å². The molecule has 5 rings (SSSR count). The van der Waals surface area contributed by atoms with Crippen molar-refractivity contribution in [2.24, 2.45) is 16.8 Å². The Labute approximate surface area is 290 Å². The first-order valence-corrected chi connectivity index (χ1v) is 17.5. The number of dihydropyridines is 1. The largest absolute Gasteiger partial charge is 0.501 e. The second-order valence-electron chi connectivity index (χ2n) is 13.3. The molecule has 1 heterocycles. The smallest absolute Gasteiger partial charge is 0.407 e. The molecule has 0 spiro atoms. The zero-order valence-electron chi connectivity index (χ0n) is 29.8. The minimum Gasteiger partial charge on any atom is -0.501 e. The van der Waals surface area contributed by atoms with E-state index in [1.165, 1.54) is 5.57 Å². The van der Waals surface area contributed by atoms with Crippen molar-refractivity contribution >= 4 is 29.0 Å². The molecule has 9 nitrogen and oxygen atoms in total. The van der Waals surface area contributed by atoms with Crippen LogP contribution in [0.5, 0.6) is 5.75 Å². The SMILES string of the molecule is CC/C(OC)=C(\CC1N=CC=C(Oc2ccc3c(C(=O)NC)cccc3c2)C1C)C(CC)CC1(NC(=O)OCC2=CC=C(OC)CC2)CC1. The first-order chi connectivity index (χ1) is 23.7. The summed E-state index contributed by atoms with van der Waals surface area (Å²) < 4.78 is 23.4. The van der Waals surface area contributed by atoms with Crippen LogP contribution in [0.4, 0.5) is 4.79 Å². The van der Waals surface area contributed by atoms with E-state index in [4.69, 9.17) is 23.9 Å². The number of aliphatic imine (C=N–C) groups is 1. The van der Waals surface area contributed by atoms with Crippen LogP contribution in [-0.4, -0.2) is 57.7 Å². The molecule has 2 amide bonds. The van der Waals surface area contributed by atoms with Crippen LogP contribution in [0, 0.1) is 11.8 Å². The van der Waals surface area contributed by atoms with Crippen molar-refractivity contribution in [3.05, 3.63) is 88.6 Å². The number of fused-ring (bicyclic) bond motifs is 1. The highest BCUT2D eigenvalue weighted by molar-refractivity contribution is 6.07. The molecule has 1 saturated carbocycles. The molecular formula is C40H51N3O6. The number of hydrogen-bond acceptors (Lipinski definition) is 7. The van der Waals surface area contributed by atoms with E-state index in [-0.39, 0.29) is 42.0 Å². The number of ether oxygens (including phenoxy) is 4. The zero-order chi connectivity index (χ0) is 35.0. The second-order valence-corrected chi connectivity index (χ2v) is 13.3. The summed E-state index contributed by atoms with van der Waals surface area (Å²) in [6, 6.07) is 11.5. The van der Waals surface area contributed by atoms with Gasteiger partial charge < -0.3 is 29.6 Å². The molecule has 2 N–H and O–H groups in total. The van der Waals surface area contributed by atoms with Gasteiger partial charge in [0.1, 0.15) is 18.1 Å². The summed E-state index contributed by atoms with van der Waals surface area (Å²) in [5.74, 6) is 3.60. The minimum atomic E-state index is -0.362. The zero-order valence-corrected chi connectivity index (χ0v) is 29.8. The van der Waals surface area contributed by atoms with Crippen LogP contribution in [0.15, 0.2) is 88.0 Å². The average molecular weight is 670 g/mol. The summed E-state index contributed by atoms with van der Waals surface area (Å²) in [5.41, 5.74) is 2.70. The van der Waals surface area contributed by atoms with Crippen LogP contribution in [0.25, 0.3) is 10.8 Å². The number of benzene rings is 2. The molecule has 0 bridgehead atoms. The standard InChI is InChI=1S/C40H51N3O6/c1-7-28(24-40(19-20-40)43-39(45)48-25-27-12-14-30(46-5)15-13-27)34(36(8-2)47-6)23-35-26(3)37(18-21-42-35)49-31-16-17-32-29(22-31)10-9-11-33(32)38(44)41-4/h9-12,14,16-18,21-22,26,28,35H,7-8,13,15,19-20,23-25H2,1-6H3,(H,41,44)(H,43,45)/b36-34-. The molecule has 9 heteroatoms. The number of nitrogens with zero attached hydrogens (tertiary/aromatic N) is 1. The minimum absolute atomic E-state index is 0.0206. The molecule has 2 aromatic carbocycles. The average Bonchev–Trinajstić information content (AvgIpc) is 3.89. The number of alkyl carbamates (subject to hydrolysis) is 1. The lowest BCUT2D eigenvalue weighted by Crippen LogP contribution is -2.39. The fourth-order valence-electron chi connectivity index (χ4n) is 6.96. The molecule has 49 heavy (non-hydrogen) atoms. The predicted molar refractivity (Wildman–Crippen MR) is 194 cm³/mol. The van der Waals surface area contributed by atoms with Crippen LogP contribution >= 0.6 is 0 Å². The molecular weight excluding hydrogens is 618 g/mol. The normalized spacial score (nSPS) is 20.6. The van der Waals surface area contributed by atoms with Crippen LogP contribution in [-0.2, 0) is 14.2 Å². The summed E-state index contributed by atoms with van der Waals surface area (Å²) in [5, 5.41) is 7.75. The molecule has 3 unspecified atom stereocenters. The Hall–Kier alpha value is -4.53. The van der Waals surface area contributed by atoms with E-state index in [2.05, 4.69) is 31.4 Å². The Morgan fingerprint density at radius 1 is 1.06 bits per heavy atom. The molecule has 0 aromatic heterocycles. The van der Waals surface area contributed by atoms with E-state index in [9.17, 15) is 9.59 Å². The van der Waals surface area contributed by atoms with Crippen LogP contribution in [0.3, 0.4) is 0 Å². The van der Waals surface area contributed by atoms with Crippen LogP contribution < -0.4 is 15.4 Å². The molecule has 1 aliphatic heterocycles. The van der Waals surface area contributed by atoms with E-state index < -0.39 is 0 Å². The van der Waals surface area contributed by atoms with Crippen LogP contribution in [0.1, 0.15) is 82.5 Å². The van der Waals surface area contributed by atoms with Gasteiger partial charge in [-0.3, -0.25) is 9.79 Å². The van der Waals surface area contributed by atoms with Gasteiger partial charge >= 0.3 is 6.09 Å². The lowest BCUT2D eigenvalue weighted by molar-refractivity contribution is 0.0964. The number of methoxy groups -OCH3 is 2. The third-order valence-corrected chi connectivity index (χ3v) is 10.1. The molecule has 0 radical (unpaired) electrons. The highest BCUT2D eigenvalue weighted by Gasteiger charge is 2.46. The number of carbonyl (C=O) groups excluding carboxylic acids is 2. The number of rotatable bonds is 15. The number of amides is 2. The van der Waals surface area contributed by atoms with Gasteiger partial charge in [0, 0.05) is 43.1 Å². The fraction of sp³-hybridized carbons (Fsp3) is 0.475. The summed E-state index contributed by atoms with van der Waals surface area (Å²) in [7, 11) is 5.06. The van der Waals surface area contributed by atoms with E-state index in [0.717, 1.165) is 85.0 Å². The molecule has 2 aromatic rings. The third-order valence-electron chi connectivity index (χ3n) is 10.1. The molecule has 1 fully saturated rings. The Bertz CT molecular complexity index is 1680. The Morgan fingerprint density at radius 2 is 1.88 bits per heavy atom. The van der Waals surface area contributed by atoms with Gasteiger partial charge in [-0.15, -0.1) is 0 Å². The maximum Gasteiger partial charge on any atom is 0.407 e. The quantitative estimate of drug-likeness (QED) is 0.185. The number of nitrogens with one attached hydrogen (secondary N) is 2. The Kier molecular flexibility index (Phi) is 11.9. The van der Waals surface area contributed by atoms with Crippen molar-refractivity contribution in [3.63, 3.8) is 0 Å².